The number of rotatable bonds is 3. The second-order valence-corrected chi connectivity index (χ2v) is 12.1. The second kappa shape index (κ2) is 8.78. The van der Waals surface area contributed by atoms with Gasteiger partial charge >= 0.3 is 7.12 Å². The summed E-state index contributed by atoms with van der Waals surface area (Å²) in [7, 11) is -0.855. The lowest BCUT2D eigenvalue weighted by Gasteiger charge is -2.39. The van der Waals surface area contributed by atoms with E-state index in [0.717, 1.165) is 60.3 Å². The number of ether oxygens (including phenoxy) is 1. The molecule has 1 spiro atoms. The fourth-order valence-corrected chi connectivity index (χ4v) is 8.13. The molecule has 3 unspecified atom stereocenters. The second-order valence-electron chi connectivity index (χ2n) is 9.86. The fraction of sp³-hybridized carbons (Fsp3) is 0.480. The third-order valence-electron chi connectivity index (χ3n) is 8.08. The molecule has 1 amide bonds. The molecule has 178 valence electrons. The van der Waals surface area contributed by atoms with Crippen molar-refractivity contribution in [3.8, 4) is 5.75 Å². The molecule has 4 heterocycles. The van der Waals surface area contributed by atoms with Crippen LogP contribution in [-0.4, -0.2) is 52.5 Å². The van der Waals surface area contributed by atoms with Crippen molar-refractivity contribution in [3.05, 3.63) is 58.7 Å². The van der Waals surface area contributed by atoms with Crippen molar-refractivity contribution >= 4 is 42.9 Å². The van der Waals surface area contributed by atoms with Gasteiger partial charge in [0.25, 0.3) is 0 Å². The zero-order valence-electron chi connectivity index (χ0n) is 19.0. The summed E-state index contributed by atoms with van der Waals surface area (Å²) in [6, 6.07) is 12.2. The normalized spacial score (nSPS) is 27.1. The first kappa shape index (κ1) is 22.8. The molecule has 0 aliphatic carbocycles. The summed E-state index contributed by atoms with van der Waals surface area (Å²) in [6.45, 7) is 3.11. The summed E-state index contributed by atoms with van der Waals surface area (Å²) in [5.41, 5.74) is 11.3. The van der Waals surface area contributed by atoms with E-state index < -0.39 is 7.12 Å². The molecule has 4 aliphatic rings. The summed E-state index contributed by atoms with van der Waals surface area (Å²) in [5, 5.41) is 9.98. The molecule has 2 aromatic rings. The van der Waals surface area contributed by atoms with Crippen molar-refractivity contribution < 1.29 is 19.2 Å². The Morgan fingerprint density at radius 1 is 1.29 bits per heavy atom. The van der Waals surface area contributed by atoms with Crippen molar-refractivity contribution in [2.24, 2.45) is 5.73 Å². The number of nitrogens with zero attached hydrogens (tertiary/aromatic N) is 1. The van der Waals surface area contributed by atoms with Gasteiger partial charge in [0.05, 0.1) is 23.0 Å². The van der Waals surface area contributed by atoms with Crippen molar-refractivity contribution in [2.45, 2.75) is 53.6 Å². The minimum Gasteiger partial charge on any atom is -0.492 e. The van der Waals surface area contributed by atoms with Gasteiger partial charge in [0.2, 0.25) is 5.91 Å². The summed E-state index contributed by atoms with van der Waals surface area (Å²) < 4.78 is 11.5. The molecule has 34 heavy (non-hydrogen) atoms. The lowest BCUT2D eigenvalue weighted by Crippen LogP contribution is -2.48. The van der Waals surface area contributed by atoms with Crippen LogP contribution in [0.5, 0.6) is 5.75 Å². The molecule has 3 atom stereocenters. The number of hydrogen-bond acceptors (Lipinski definition) is 7. The Hall–Kier alpha value is -1.65. The Balaban J connectivity index is 1.14. The maximum atomic E-state index is 13.5. The van der Waals surface area contributed by atoms with Gasteiger partial charge < -0.3 is 25.0 Å². The van der Waals surface area contributed by atoms with Gasteiger partial charge in [-0.15, -0.1) is 11.8 Å². The molecule has 2 fully saturated rings. The highest BCUT2D eigenvalue weighted by Gasteiger charge is 2.46. The standard InChI is InChI=1S/C25H29BN2O4S2/c27-12-15-4-5-21-19(10-15)25(14-31-21)6-8-28(9-7-25)23(29)22-11-17(24(33)34-22)16-2-1-3-20-18(16)13-32-26(20)30/h1-5,10,17,22,24,30,33H,6-9,11-14,27H2. The number of piperidine rings is 1. The number of carbonyl (C=O) groups excluding carboxylic acids is 1. The molecule has 9 heteroatoms. The maximum absolute atomic E-state index is 13.5. The van der Waals surface area contributed by atoms with Gasteiger partial charge in [0.15, 0.2) is 0 Å². The number of nitrogens with two attached hydrogens (primary N) is 1. The Labute approximate surface area is 210 Å². The Bertz CT molecular complexity index is 1120. The topological polar surface area (TPSA) is 85.0 Å². The minimum atomic E-state index is -0.855. The molecule has 2 aromatic carbocycles. The van der Waals surface area contributed by atoms with E-state index in [4.69, 9.17) is 27.8 Å². The van der Waals surface area contributed by atoms with E-state index in [-0.39, 0.29) is 27.1 Å². The molecule has 6 nitrogen and oxygen atoms in total. The van der Waals surface area contributed by atoms with Gasteiger partial charge in [-0.05, 0) is 47.5 Å². The lowest BCUT2D eigenvalue weighted by atomic mass is 9.74. The Morgan fingerprint density at radius 2 is 2.12 bits per heavy atom. The van der Waals surface area contributed by atoms with Gasteiger partial charge in [-0.1, -0.05) is 30.3 Å². The predicted octanol–water partition coefficient (Wildman–Crippen LogP) is 2.16. The lowest BCUT2D eigenvalue weighted by molar-refractivity contribution is -0.132. The number of fused-ring (bicyclic) bond motifs is 3. The SMILES string of the molecule is NCc1ccc2c(c1)C1(CCN(C(=O)C3CC(c4cccc5c4COB5O)C(S)S3)CC1)CO2. The fourth-order valence-electron chi connectivity index (χ4n) is 6.04. The molecule has 6 rings (SSSR count). The van der Waals surface area contributed by atoms with Gasteiger partial charge in [-0.2, -0.15) is 12.6 Å². The average molecular weight is 496 g/mol. The van der Waals surface area contributed by atoms with E-state index in [2.05, 4.69) is 12.1 Å². The van der Waals surface area contributed by atoms with E-state index in [1.165, 1.54) is 5.56 Å². The zero-order chi connectivity index (χ0) is 23.4. The van der Waals surface area contributed by atoms with E-state index >= 15 is 0 Å². The molecule has 2 saturated heterocycles. The molecule has 0 aromatic heterocycles. The summed E-state index contributed by atoms with van der Waals surface area (Å²) >= 11 is 6.52. The third kappa shape index (κ3) is 3.68. The molecule has 0 radical (unpaired) electrons. The Kier molecular flexibility index (Phi) is 5.89. The molecular formula is C25H29BN2O4S2. The highest BCUT2D eigenvalue weighted by atomic mass is 32.2. The highest BCUT2D eigenvalue weighted by Crippen LogP contribution is 2.49. The van der Waals surface area contributed by atoms with E-state index in [1.807, 2.05) is 29.2 Å². The van der Waals surface area contributed by atoms with E-state index in [1.54, 1.807) is 11.8 Å². The van der Waals surface area contributed by atoms with Gasteiger partial charge in [-0.3, -0.25) is 4.79 Å². The number of likely N-dealkylation sites (tertiary alicyclic amines) is 1. The number of thiol groups is 1. The summed E-state index contributed by atoms with van der Waals surface area (Å²) in [4.78, 5) is 15.6. The average Bonchev–Trinajstić information content (AvgIpc) is 3.55. The van der Waals surface area contributed by atoms with Crippen LogP contribution in [0.3, 0.4) is 0 Å². The first-order chi connectivity index (χ1) is 16.5. The number of carbonyl (C=O) groups is 1. The molecule has 0 saturated carbocycles. The van der Waals surface area contributed by atoms with E-state index in [0.29, 0.717) is 19.8 Å². The van der Waals surface area contributed by atoms with Crippen molar-refractivity contribution in [2.75, 3.05) is 19.7 Å². The van der Waals surface area contributed by atoms with Crippen LogP contribution in [0, 0.1) is 0 Å². The van der Waals surface area contributed by atoms with Crippen LogP contribution < -0.4 is 15.9 Å². The molecule has 3 N–H and O–H groups in total. The zero-order valence-corrected chi connectivity index (χ0v) is 20.7. The smallest absolute Gasteiger partial charge is 0.491 e. The van der Waals surface area contributed by atoms with Crippen LogP contribution in [0.4, 0.5) is 0 Å². The number of hydrogen-bond donors (Lipinski definition) is 3. The molecule has 4 aliphatic heterocycles. The predicted molar refractivity (Wildman–Crippen MR) is 138 cm³/mol. The van der Waals surface area contributed by atoms with Crippen LogP contribution in [0.25, 0.3) is 0 Å². The quantitative estimate of drug-likeness (QED) is 0.446. The van der Waals surface area contributed by atoms with Gasteiger partial charge in [0, 0.05) is 36.5 Å². The maximum Gasteiger partial charge on any atom is 0.491 e. The molecular weight excluding hydrogens is 467 g/mol. The van der Waals surface area contributed by atoms with E-state index in [9.17, 15) is 9.82 Å². The highest BCUT2D eigenvalue weighted by molar-refractivity contribution is 8.11. The van der Waals surface area contributed by atoms with Crippen molar-refractivity contribution in [3.63, 3.8) is 0 Å². The van der Waals surface area contributed by atoms with Crippen LogP contribution in [0.2, 0.25) is 0 Å². The van der Waals surface area contributed by atoms with Crippen molar-refractivity contribution in [1.29, 1.82) is 0 Å². The third-order valence-corrected chi connectivity index (χ3v) is 10.1. The number of amides is 1. The molecule has 0 bridgehead atoms. The minimum absolute atomic E-state index is 0.0137. The van der Waals surface area contributed by atoms with Crippen LogP contribution in [0.15, 0.2) is 36.4 Å². The number of thioether (sulfide) groups is 1. The first-order valence-electron chi connectivity index (χ1n) is 12.0. The van der Waals surface area contributed by atoms with Gasteiger partial charge in [-0.25, -0.2) is 0 Å². The largest absolute Gasteiger partial charge is 0.492 e. The Morgan fingerprint density at radius 3 is 2.91 bits per heavy atom. The number of benzene rings is 2. The van der Waals surface area contributed by atoms with Crippen molar-refractivity contribution in [1.82, 2.24) is 4.90 Å². The first-order valence-corrected chi connectivity index (χ1v) is 13.4. The van der Waals surface area contributed by atoms with Crippen LogP contribution >= 0.6 is 24.4 Å². The van der Waals surface area contributed by atoms with Gasteiger partial charge in [0.1, 0.15) is 5.75 Å². The summed E-state index contributed by atoms with van der Waals surface area (Å²) in [5.74, 6) is 1.35. The monoisotopic (exact) mass is 496 g/mol. The van der Waals surface area contributed by atoms with Crippen LogP contribution in [-0.2, 0) is 28.0 Å². The van der Waals surface area contributed by atoms with Crippen LogP contribution in [0.1, 0.15) is 47.4 Å². The summed E-state index contributed by atoms with van der Waals surface area (Å²) in [6.07, 6.45) is 2.58.